The summed E-state index contributed by atoms with van der Waals surface area (Å²) in [4.78, 5) is 0. The zero-order valence-corrected chi connectivity index (χ0v) is 11.2. The monoisotopic (exact) mass is 279 g/mol. The van der Waals surface area contributed by atoms with Gasteiger partial charge in [0, 0.05) is 17.3 Å². The van der Waals surface area contributed by atoms with Gasteiger partial charge in [0.1, 0.15) is 23.5 Å². The molecule has 0 amide bonds. The van der Waals surface area contributed by atoms with Crippen LogP contribution in [0.25, 0.3) is 0 Å². The Kier molecular flexibility index (Phi) is 3.90. The van der Waals surface area contributed by atoms with Crippen LogP contribution in [-0.2, 0) is 0 Å². The first-order valence-electron chi connectivity index (χ1n) is 6.01. The minimum Gasteiger partial charge on any atom is -0.496 e. The van der Waals surface area contributed by atoms with Gasteiger partial charge in [-0.05, 0) is 30.7 Å². The average molecular weight is 279 g/mol. The molecule has 2 aromatic rings. The van der Waals surface area contributed by atoms with E-state index in [4.69, 9.17) is 10.5 Å². The van der Waals surface area contributed by atoms with E-state index in [0.29, 0.717) is 11.3 Å². The highest BCUT2D eigenvalue weighted by molar-refractivity contribution is 5.57. The van der Waals surface area contributed by atoms with Crippen LogP contribution in [0.2, 0.25) is 0 Å². The van der Waals surface area contributed by atoms with Crippen molar-refractivity contribution in [3.63, 3.8) is 0 Å². The predicted octanol–water partition coefficient (Wildman–Crippen LogP) is 2.95. The molecule has 0 saturated heterocycles. The van der Waals surface area contributed by atoms with Crippen molar-refractivity contribution in [2.45, 2.75) is 13.0 Å². The molecular weight excluding hydrogens is 264 g/mol. The standard InChI is InChI=1S/C15H15F2NO2/c1-8-6-9(12(18)7-13(8)20-2)15(19)14-10(16)4-3-5-11(14)17/h3-7,15,19H,18H2,1-2H3. The molecule has 0 aliphatic heterocycles. The van der Waals surface area contributed by atoms with Crippen molar-refractivity contribution in [2.75, 3.05) is 12.8 Å². The summed E-state index contributed by atoms with van der Waals surface area (Å²) in [6.07, 6.45) is -1.47. The molecule has 106 valence electrons. The van der Waals surface area contributed by atoms with Crippen molar-refractivity contribution in [3.8, 4) is 5.75 Å². The molecule has 1 unspecified atom stereocenters. The molecule has 0 saturated carbocycles. The smallest absolute Gasteiger partial charge is 0.132 e. The van der Waals surface area contributed by atoms with E-state index in [1.165, 1.54) is 19.2 Å². The number of nitrogens with two attached hydrogens (primary N) is 1. The van der Waals surface area contributed by atoms with Crippen LogP contribution in [0.1, 0.15) is 22.8 Å². The zero-order chi connectivity index (χ0) is 14.9. The number of ether oxygens (including phenoxy) is 1. The van der Waals surface area contributed by atoms with Crippen molar-refractivity contribution in [3.05, 3.63) is 58.7 Å². The number of aliphatic hydroxyl groups excluding tert-OH is 1. The first-order chi connectivity index (χ1) is 9.45. The summed E-state index contributed by atoms with van der Waals surface area (Å²) in [6, 6.07) is 6.50. The van der Waals surface area contributed by atoms with Crippen LogP contribution in [0, 0.1) is 18.6 Å². The molecule has 0 aliphatic carbocycles. The molecule has 0 bridgehead atoms. The number of rotatable bonds is 3. The van der Waals surface area contributed by atoms with Gasteiger partial charge in [-0.2, -0.15) is 0 Å². The van der Waals surface area contributed by atoms with Crippen LogP contribution in [0.4, 0.5) is 14.5 Å². The number of hydrogen-bond acceptors (Lipinski definition) is 3. The fourth-order valence-electron chi connectivity index (χ4n) is 2.11. The third-order valence-corrected chi connectivity index (χ3v) is 3.17. The molecule has 3 nitrogen and oxygen atoms in total. The van der Waals surface area contributed by atoms with Gasteiger partial charge in [0.25, 0.3) is 0 Å². The maximum atomic E-state index is 13.7. The zero-order valence-electron chi connectivity index (χ0n) is 11.2. The van der Waals surface area contributed by atoms with Crippen molar-refractivity contribution in [1.82, 2.24) is 0 Å². The quantitative estimate of drug-likeness (QED) is 0.849. The van der Waals surface area contributed by atoms with E-state index >= 15 is 0 Å². The Bertz CT molecular complexity index is 624. The van der Waals surface area contributed by atoms with Gasteiger partial charge in [-0.3, -0.25) is 0 Å². The summed E-state index contributed by atoms with van der Waals surface area (Å²) in [5, 5.41) is 10.2. The minimum absolute atomic E-state index is 0.211. The summed E-state index contributed by atoms with van der Waals surface area (Å²) < 4.78 is 32.5. The van der Waals surface area contributed by atoms with E-state index < -0.39 is 23.3 Å². The van der Waals surface area contributed by atoms with E-state index in [9.17, 15) is 13.9 Å². The summed E-state index contributed by atoms with van der Waals surface area (Å²) in [6.45, 7) is 1.76. The number of halogens is 2. The SMILES string of the molecule is COc1cc(N)c(C(O)c2c(F)cccc2F)cc1C. The van der Waals surface area contributed by atoms with E-state index in [1.807, 2.05) is 0 Å². The average Bonchev–Trinajstić information content (AvgIpc) is 2.40. The highest BCUT2D eigenvalue weighted by Gasteiger charge is 2.22. The lowest BCUT2D eigenvalue weighted by Gasteiger charge is -2.17. The summed E-state index contributed by atoms with van der Waals surface area (Å²) in [5.41, 5.74) is 6.58. The molecule has 0 aromatic heterocycles. The third kappa shape index (κ3) is 2.44. The van der Waals surface area contributed by atoms with Crippen LogP contribution >= 0.6 is 0 Å². The Morgan fingerprint density at radius 1 is 1.20 bits per heavy atom. The molecule has 5 heteroatoms. The second kappa shape index (κ2) is 5.46. The van der Waals surface area contributed by atoms with Crippen LogP contribution in [0.5, 0.6) is 5.75 Å². The molecule has 0 aliphatic rings. The normalized spacial score (nSPS) is 12.2. The summed E-state index contributed by atoms with van der Waals surface area (Å²) in [5.74, 6) is -1.08. The van der Waals surface area contributed by atoms with Crippen LogP contribution < -0.4 is 10.5 Å². The lowest BCUT2D eigenvalue weighted by Crippen LogP contribution is -2.09. The lowest BCUT2D eigenvalue weighted by molar-refractivity contribution is 0.209. The highest BCUT2D eigenvalue weighted by Crippen LogP contribution is 2.34. The van der Waals surface area contributed by atoms with Gasteiger partial charge in [-0.15, -0.1) is 0 Å². The molecule has 1 atom stereocenters. The van der Waals surface area contributed by atoms with E-state index in [2.05, 4.69) is 0 Å². The topological polar surface area (TPSA) is 55.5 Å². The van der Waals surface area contributed by atoms with Crippen molar-refractivity contribution < 1.29 is 18.6 Å². The molecule has 2 aromatic carbocycles. The Balaban J connectivity index is 2.54. The lowest BCUT2D eigenvalue weighted by atomic mass is 9.97. The Hall–Kier alpha value is -2.14. The number of nitrogen functional groups attached to an aromatic ring is 1. The number of aryl methyl sites for hydroxylation is 1. The number of benzene rings is 2. The fraction of sp³-hybridized carbons (Fsp3) is 0.200. The maximum absolute atomic E-state index is 13.7. The predicted molar refractivity (Wildman–Crippen MR) is 72.6 cm³/mol. The van der Waals surface area contributed by atoms with E-state index in [1.54, 1.807) is 13.0 Å². The Labute approximate surface area is 115 Å². The first kappa shape index (κ1) is 14.3. The molecule has 20 heavy (non-hydrogen) atoms. The van der Waals surface area contributed by atoms with Gasteiger partial charge in [0.15, 0.2) is 0 Å². The van der Waals surface area contributed by atoms with Crippen LogP contribution in [0.15, 0.2) is 30.3 Å². The molecular formula is C15H15F2NO2. The van der Waals surface area contributed by atoms with Crippen LogP contribution in [-0.4, -0.2) is 12.2 Å². The molecule has 0 fully saturated rings. The van der Waals surface area contributed by atoms with Gasteiger partial charge in [-0.1, -0.05) is 6.07 Å². The molecule has 0 heterocycles. The third-order valence-electron chi connectivity index (χ3n) is 3.17. The number of anilines is 1. The molecule has 0 spiro atoms. The number of aliphatic hydroxyl groups is 1. The minimum atomic E-state index is -1.47. The summed E-state index contributed by atoms with van der Waals surface area (Å²) in [7, 11) is 1.49. The second-order valence-corrected chi connectivity index (χ2v) is 4.49. The Morgan fingerprint density at radius 3 is 2.35 bits per heavy atom. The molecule has 0 radical (unpaired) electrons. The van der Waals surface area contributed by atoms with Crippen molar-refractivity contribution in [2.24, 2.45) is 0 Å². The Morgan fingerprint density at radius 2 is 1.80 bits per heavy atom. The van der Waals surface area contributed by atoms with E-state index in [-0.39, 0.29) is 11.3 Å². The van der Waals surface area contributed by atoms with Gasteiger partial charge >= 0.3 is 0 Å². The fourth-order valence-corrected chi connectivity index (χ4v) is 2.11. The molecule has 3 N–H and O–H groups in total. The maximum Gasteiger partial charge on any atom is 0.132 e. The van der Waals surface area contributed by atoms with Crippen molar-refractivity contribution in [1.29, 1.82) is 0 Å². The summed E-state index contributed by atoms with van der Waals surface area (Å²) >= 11 is 0. The number of hydrogen-bond donors (Lipinski definition) is 2. The van der Waals surface area contributed by atoms with Gasteiger partial charge < -0.3 is 15.6 Å². The van der Waals surface area contributed by atoms with E-state index in [0.717, 1.165) is 12.1 Å². The second-order valence-electron chi connectivity index (χ2n) is 4.49. The van der Waals surface area contributed by atoms with Gasteiger partial charge in [0.05, 0.1) is 12.7 Å². The van der Waals surface area contributed by atoms with Crippen molar-refractivity contribution >= 4 is 5.69 Å². The highest BCUT2D eigenvalue weighted by atomic mass is 19.1. The van der Waals surface area contributed by atoms with Gasteiger partial charge in [-0.25, -0.2) is 8.78 Å². The van der Waals surface area contributed by atoms with Crippen LogP contribution in [0.3, 0.4) is 0 Å². The number of methoxy groups -OCH3 is 1. The molecule has 2 rings (SSSR count). The largest absolute Gasteiger partial charge is 0.496 e. The first-order valence-corrected chi connectivity index (χ1v) is 6.01. The van der Waals surface area contributed by atoms with Gasteiger partial charge in [0.2, 0.25) is 0 Å².